The molecule has 2 aromatic carbocycles. The summed E-state index contributed by atoms with van der Waals surface area (Å²) in [4.78, 5) is 14.6. The summed E-state index contributed by atoms with van der Waals surface area (Å²) in [6.45, 7) is 3.37. The van der Waals surface area contributed by atoms with E-state index >= 15 is 0 Å². The number of benzene rings is 2. The molecule has 24 heavy (non-hydrogen) atoms. The van der Waals surface area contributed by atoms with Crippen LogP contribution >= 0.6 is 15.9 Å². The summed E-state index contributed by atoms with van der Waals surface area (Å²) >= 11 is 3.58. The Morgan fingerprint density at radius 1 is 1.29 bits per heavy atom. The van der Waals surface area contributed by atoms with Crippen LogP contribution in [-0.2, 0) is 4.79 Å². The third-order valence-corrected chi connectivity index (χ3v) is 4.85. The highest BCUT2D eigenvalue weighted by Crippen LogP contribution is 2.40. The second-order valence-corrected chi connectivity index (χ2v) is 6.76. The van der Waals surface area contributed by atoms with Gasteiger partial charge in [0.15, 0.2) is 0 Å². The van der Waals surface area contributed by atoms with Gasteiger partial charge in [0, 0.05) is 11.8 Å². The van der Waals surface area contributed by atoms with E-state index in [1.807, 2.05) is 24.3 Å². The van der Waals surface area contributed by atoms with E-state index < -0.39 is 0 Å². The van der Waals surface area contributed by atoms with Crippen molar-refractivity contribution in [1.82, 2.24) is 4.90 Å². The van der Waals surface area contributed by atoms with Crippen LogP contribution in [0.3, 0.4) is 0 Å². The van der Waals surface area contributed by atoms with Crippen LogP contribution in [0.25, 0.3) is 0 Å². The van der Waals surface area contributed by atoms with Crippen LogP contribution < -0.4 is 10.1 Å². The first-order chi connectivity index (χ1) is 11.6. The molecule has 5 heteroatoms. The fourth-order valence-corrected chi connectivity index (χ4v) is 3.77. The molecule has 0 aromatic heterocycles. The first-order valence-corrected chi connectivity index (χ1v) is 8.89. The number of amides is 1. The number of anilines is 1. The summed E-state index contributed by atoms with van der Waals surface area (Å²) in [5, 5.41) is 3.03. The van der Waals surface area contributed by atoms with Gasteiger partial charge in [0.2, 0.25) is 5.91 Å². The van der Waals surface area contributed by atoms with Crippen molar-refractivity contribution in [2.75, 3.05) is 25.5 Å². The molecule has 0 spiro atoms. The summed E-state index contributed by atoms with van der Waals surface area (Å²) in [6, 6.07) is 14.3. The third-order valence-electron chi connectivity index (χ3n) is 4.23. The van der Waals surface area contributed by atoms with E-state index in [0.29, 0.717) is 12.3 Å². The van der Waals surface area contributed by atoms with Gasteiger partial charge in [-0.15, -0.1) is 0 Å². The van der Waals surface area contributed by atoms with Gasteiger partial charge in [-0.3, -0.25) is 9.69 Å². The summed E-state index contributed by atoms with van der Waals surface area (Å²) in [5.41, 5.74) is 3.07. The van der Waals surface area contributed by atoms with Crippen molar-refractivity contribution in [3.63, 3.8) is 0 Å². The van der Waals surface area contributed by atoms with Gasteiger partial charge in [0.05, 0.1) is 24.2 Å². The number of carbonyl (C=O) groups excluding carboxylic acids is 1. The lowest BCUT2D eigenvalue weighted by Crippen LogP contribution is -2.34. The fourth-order valence-electron chi connectivity index (χ4n) is 3.24. The van der Waals surface area contributed by atoms with Crippen LogP contribution in [0, 0.1) is 0 Å². The number of nitrogens with zero attached hydrogens (tertiary/aromatic N) is 1. The van der Waals surface area contributed by atoms with Gasteiger partial charge in [0.1, 0.15) is 5.75 Å². The van der Waals surface area contributed by atoms with E-state index in [-0.39, 0.29) is 11.9 Å². The Labute approximate surface area is 150 Å². The lowest BCUT2D eigenvalue weighted by Gasteiger charge is -2.30. The quantitative estimate of drug-likeness (QED) is 0.852. The Morgan fingerprint density at radius 2 is 2.04 bits per heavy atom. The van der Waals surface area contributed by atoms with Gasteiger partial charge in [0.25, 0.3) is 0 Å². The molecule has 4 nitrogen and oxygen atoms in total. The highest BCUT2D eigenvalue weighted by atomic mass is 79.9. The number of hydrogen-bond acceptors (Lipinski definition) is 3. The maximum absolute atomic E-state index is 12.4. The van der Waals surface area contributed by atoms with Gasteiger partial charge < -0.3 is 10.1 Å². The number of nitrogens with one attached hydrogen (secondary N) is 1. The topological polar surface area (TPSA) is 41.6 Å². The van der Waals surface area contributed by atoms with Gasteiger partial charge >= 0.3 is 0 Å². The van der Waals surface area contributed by atoms with Gasteiger partial charge in [-0.1, -0.05) is 37.3 Å². The van der Waals surface area contributed by atoms with Crippen molar-refractivity contribution in [1.29, 1.82) is 0 Å². The largest absolute Gasteiger partial charge is 0.495 e. The molecular weight excluding hydrogens is 368 g/mol. The minimum atomic E-state index is 0.00695. The molecule has 0 aliphatic carbocycles. The first kappa shape index (κ1) is 17.0. The van der Waals surface area contributed by atoms with E-state index in [1.54, 1.807) is 7.11 Å². The molecule has 1 N–H and O–H groups in total. The molecule has 1 unspecified atom stereocenters. The molecular formula is C19H21BrN2O2. The van der Waals surface area contributed by atoms with Crippen molar-refractivity contribution in [3.05, 3.63) is 58.1 Å². The predicted molar refractivity (Wildman–Crippen MR) is 99.5 cm³/mol. The van der Waals surface area contributed by atoms with Gasteiger partial charge in [-0.05, 0) is 46.1 Å². The maximum Gasteiger partial charge on any atom is 0.238 e. The Bertz CT molecular complexity index is 734. The lowest BCUT2D eigenvalue weighted by atomic mass is 9.95. The van der Waals surface area contributed by atoms with Gasteiger partial charge in [-0.25, -0.2) is 0 Å². The van der Waals surface area contributed by atoms with Crippen LogP contribution in [0.5, 0.6) is 5.75 Å². The molecule has 1 atom stereocenters. The number of rotatable bonds is 4. The summed E-state index contributed by atoms with van der Waals surface area (Å²) in [6.07, 6.45) is 0.989. The number of carbonyl (C=O) groups is 1. The van der Waals surface area contributed by atoms with Crippen molar-refractivity contribution < 1.29 is 9.53 Å². The maximum atomic E-state index is 12.4. The van der Waals surface area contributed by atoms with E-state index in [9.17, 15) is 4.79 Å². The Balaban J connectivity index is 2.18. The van der Waals surface area contributed by atoms with E-state index in [4.69, 9.17) is 4.74 Å². The Morgan fingerprint density at radius 3 is 2.71 bits per heavy atom. The highest BCUT2D eigenvalue weighted by molar-refractivity contribution is 9.10. The van der Waals surface area contributed by atoms with Crippen LogP contribution in [-0.4, -0.2) is 31.0 Å². The molecule has 0 radical (unpaired) electrons. The average Bonchev–Trinajstić information content (AvgIpc) is 2.70. The van der Waals surface area contributed by atoms with E-state index in [1.165, 1.54) is 5.56 Å². The fraction of sp³-hybridized carbons (Fsp3) is 0.316. The smallest absolute Gasteiger partial charge is 0.238 e. The molecule has 1 aliphatic rings. The molecule has 0 saturated heterocycles. The zero-order valence-corrected chi connectivity index (χ0v) is 15.5. The average molecular weight is 389 g/mol. The third kappa shape index (κ3) is 3.32. The molecule has 0 bridgehead atoms. The summed E-state index contributed by atoms with van der Waals surface area (Å²) in [5.74, 6) is 0.720. The lowest BCUT2D eigenvalue weighted by molar-refractivity contribution is -0.117. The Hall–Kier alpha value is -1.85. The number of fused-ring (bicyclic) bond motifs is 1. The molecule has 2 aromatic rings. The van der Waals surface area contributed by atoms with Crippen molar-refractivity contribution in [2.24, 2.45) is 0 Å². The number of ether oxygens (including phenoxy) is 1. The molecule has 126 valence electrons. The zero-order chi connectivity index (χ0) is 17.1. The van der Waals surface area contributed by atoms with Crippen molar-refractivity contribution in [3.8, 4) is 5.75 Å². The highest BCUT2D eigenvalue weighted by Gasteiger charge is 2.30. The molecule has 1 amide bonds. The number of hydrogen-bond donors (Lipinski definition) is 1. The zero-order valence-electron chi connectivity index (χ0n) is 13.9. The first-order valence-electron chi connectivity index (χ1n) is 8.10. The van der Waals surface area contributed by atoms with Crippen LogP contribution in [0.1, 0.15) is 30.5 Å². The standard InChI is InChI=1S/C19H21BrN2O2/c1-3-9-22-12-18(23)21-16-11-17(24-2)15(20)10-14(16)19(22)13-7-5-4-6-8-13/h4-8,10-11,19H,3,9,12H2,1-2H3,(H,21,23). The second kappa shape index (κ2) is 7.36. The minimum absolute atomic E-state index is 0.00695. The Kier molecular flexibility index (Phi) is 5.21. The predicted octanol–water partition coefficient (Wildman–Crippen LogP) is 4.21. The van der Waals surface area contributed by atoms with Crippen LogP contribution in [0.4, 0.5) is 5.69 Å². The molecule has 1 heterocycles. The number of methoxy groups -OCH3 is 1. The molecule has 0 saturated carbocycles. The monoisotopic (exact) mass is 388 g/mol. The van der Waals surface area contributed by atoms with E-state index in [2.05, 4.69) is 51.3 Å². The summed E-state index contributed by atoms with van der Waals surface area (Å²) in [7, 11) is 1.63. The van der Waals surface area contributed by atoms with Gasteiger partial charge in [-0.2, -0.15) is 0 Å². The number of halogens is 1. The normalized spacial score (nSPS) is 17.8. The van der Waals surface area contributed by atoms with Crippen molar-refractivity contribution in [2.45, 2.75) is 19.4 Å². The van der Waals surface area contributed by atoms with E-state index in [0.717, 1.165) is 28.7 Å². The van der Waals surface area contributed by atoms with Crippen LogP contribution in [0.2, 0.25) is 0 Å². The second-order valence-electron chi connectivity index (χ2n) is 5.91. The van der Waals surface area contributed by atoms with Crippen molar-refractivity contribution >= 4 is 27.5 Å². The molecule has 1 aliphatic heterocycles. The molecule has 0 fully saturated rings. The SMILES string of the molecule is CCCN1CC(=O)Nc2cc(OC)c(Br)cc2C1c1ccccc1. The summed E-state index contributed by atoms with van der Waals surface area (Å²) < 4.78 is 6.28. The van der Waals surface area contributed by atoms with Crippen LogP contribution in [0.15, 0.2) is 46.9 Å². The molecule has 3 rings (SSSR count). The minimum Gasteiger partial charge on any atom is -0.495 e.